The van der Waals surface area contributed by atoms with E-state index in [1.807, 2.05) is 11.0 Å². The van der Waals surface area contributed by atoms with Crippen molar-refractivity contribution < 1.29 is 18.8 Å². The van der Waals surface area contributed by atoms with Crippen LogP contribution in [0.4, 0.5) is 9.18 Å². The summed E-state index contributed by atoms with van der Waals surface area (Å²) in [5, 5.41) is 3.41. The summed E-state index contributed by atoms with van der Waals surface area (Å²) < 4.78 is 13.1. The van der Waals surface area contributed by atoms with Gasteiger partial charge in [0.15, 0.2) is 0 Å². The highest BCUT2D eigenvalue weighted by molar-refractivity contribution is 6.08. The molecule has 8 heteroatoms. The first kappa shape index (κ1) is 20.0. The van der Waals surface area contributed by atoms with Gasteiger partial charge >= 0.3 is 6.03 Å². The van der Waals surface area contributed by atoms with Crippen LogP contribution in [-0.4, -0.2) is 40.3 Å². The number of carbonyl (C=O) groups is 3. The molecular weight excluding hydrogens is 387 g/mol. The topological polar surface area (TPSA) is 81.8 Å². The highest BCUT2D eigenvalue weighted by Crippen LogP contribution is 2.29. The number of rotatable bonds is 7. The lowest BCUT2D eigenvalue weighted by molar-refractivity contribution is -0.139. The van der Waals surface area contributed by atoms with Gasteiger partial charge in [-0.25, -0.2) is 9.18 Å². The van der Waals surface area contributed by atoms with Crippen LogP contribution in [0.1, 0.15) is 30.9 Å². The van der Waals surface area contributed by atoms with Crippen molar-refractivity contribution in [3.05, 3.63) is 71.5 Å². The SMILES string of the molecule is C[C@]1(c2ccccc2)NC(=O)N(NC(=O)CN(Cc2ccc(F)cc2)C2CC2)C1=O. The molecule has 2 fully saturated rings. The number of carbonyl (C=O) groups excluding carboxylic acids is 3. The number of nitrogens with one attached hydrogen (secondary N) is 2. The first-order valence-electron chi connectivity index (χ1n) is 9.87. The smallest absolute Gasteiger partial charge is 0.318 e. The number of imide groups is 1. The molecule has 1 saturated heterocycles. The number of urea groups is 1. The molecule has 0 spiro atoms. The average molecular weight is 410 g/mol. The van der Waals surface area contributed by atoms with Crippen molar-refractivity contribution in [3.63, 3.8) is 0 Å². The van der Waals surface area contributed by atoms with Gasteiger partial charge in [-0.1, -0.05) is 42.5 Å². The molecule has 0 unspecified atom stereocenters. The molecule has 7 nitrogen and oxygen atoms in total. The van der Waals surface area contributed by atoms with E-state index >= 15 is 0 Å². The summed E-state index contributed by atoms with van der Waals surface area (Å²) in [5.41, 5.74) is 2.73. The second kappa shape index (κ2) is 7.87. The third kappa shape index (κ3) is 4.04. The highest BCUT2D eigenvalue weighted by atomic mass is 19.1. The van der Waals surface area contributed by atoms with E-state index in [4.69, 9.17) is 0 Å². The Morgan fingerprint density at radius 3 is 2.47 bits per heavy atom. The van der Waals surface area contributed by atoms with Crippen molar-refractivity contribution in [3.8, 4) is 0 Å². The molecule has 2 aliphatic rings. The molecule has 2 aromatic carbocycles. The normalized spacial score (nSPS) is 21.1. The Kier molecular flexibility index (Phi) is 5.26. The fourth-order valence-electron chi connectivity index (χ4n) is 3.63. The summed E-state index contributed by atoms with van der Waals surface area (Å²) in [6.07, 6.45) is 1.95. The number of amides is 4. The van der Waals surface area contributed by atoms with E-state index in [9.17, 15) is 18.8 Å². The Bertz CT molecular complexity index is 962. The molecule has 4 rings (SSSR count). The molecule has 1 saturated carbocycles. The summed E-state index contributed by atoms with van der Waals surface area (Å²) in [7, 11) is 0. The van der Waals surface area contributed by atoms with Crippen LogP contribution in [0.2, 0.25) is 0 Å². The predicted molar refractivity (Wildman–Crippen MR) is 107 cm³/mol. The van der Waals surface area contributed by atoms with Crippen LogP contribution in [0, 0.1) is 5.82 Å². The number of hydrogen-bond acceptors (Lipinski definition) is 4. The zero-order chi connectivity index (χ0) is 21.3. The molecular formula is C22H23FN4O3. The van der Waals surface area contributed by atoms with Gasteiger partial charge < -0.3 is 5.32 Å². The first-order valence-corrected chi connectivity index (χ1v) is 9.87. The Morgan fingerprint density at radius 2 is 1.83 bits per heavy atom. The van der Waals surface area contributed by atoms with E-state index in [2.05, 4.69) is 10.7 Å². The molecule has 2 aromatic rings. The van der Waals surface area contributed by atoms with Gasteiger partial charge in [0.1, 0.15) is 11.4 Å². The van der Waals surface area contributed by atoms with Gasteiger partial charge in [-0.2, -0.15) is 5.01 Å². The van der Waals surface area contributed by atoms with Crippen molar-refractivity contribution >= 4 is 17.8 Å². The molecule has 30 heavy (non-hydrogen) atoms. The summed E-state index contributed by atoms with van der Waals surface area (Å²) >= 11 is 0. The summed E-state index contributed by atoms with van der Waals surface area (Å²) in [6.45, 7) is 2.13. The van der Waals surface area contributed by atoms with Crippen LogP contribution in [0.25, 0.3) is 0 Å². The first-order chi connectivity index (χ1) is 14.4. The minimum Gasteiger partial charge on any atom is -0.318 e. The maximum Gasteiger partial charge on any atom is 0.344 e. The fourth-order valence-corrected chi connectivity index (χ4v) is 3.63. The minimum atomic E-state index is -1.24. The van der Waals surface area contributed by atoms with Crippen LogP contribution in [0.5, 0.6) is 0 Å². The molecule has 2 N–H and O–H groups in total. The molecule has 156 valence electrons. The van der Waals surface area contributed by atoms with Crippen LogP contribution in [-0.2, 0) is 21.7 Å². The summed E-state index contributed by atoms with van der Waals surface area (Å²) in [4.78, 5) is 39.9. The van der Waals surface area contributed by atoms with Crippen LogP contribution in [0.15, 0.2) is 54.6 Å². The van der Waals surface area contributed by atoms with E-state index in [0.717, 1.165) is 23.4 Å². The van der Waals surface area contributed by atoms with Crippen LogP contribution >= 0.6 is 0 Å². The number of halogens is 1. The molecule has 1 aliphatic heterocycles. The zero-order valence-electron chi connectivity index (χ0n) is 16.6. The predicted octanol–water partition coefficient (Wildman–Crippen LogP) is 2.29. The summed E-state index contributed by atoms with van der Waals surface area (Å²) in [5.74, 6) is -1.30. The van der Waals surface area contributed by atoms with Crippen molar-refractivity contribution in [1.82, 2.24) is 20.7 Å². The lowest BCUT2D eigenvalue weighted by atomic mass is 9.92. The Balaban J connectivity index is 1.42. The highest BCUT2D eigenvalue weighted by Gasteiger charge is 2.50. The van der Waals surface area contributed by atoms with E-state index in [1.165, 1.54) is 12.1 Å². The lowest BCUT2D eigenvalue weighted by Gasteiger charge is -2.24. The van der Waals surface area contributed by atoms with Crippen molar-refractivity contribution in [2.75, 3.05) is 6.54 Å². The van der Waals surface area contributed by atoms with Gasteiger partial charge in [0, 0.05) is 12.6 Å². The Morgan fingerprint density at radius 1 is 1.17 bits per heavy atom. The standard InChI is InChI=1S/C22H23FN4O3/c1-22(16-5-3-2-4-6-16)20(29)27(21(30)24-22)25-19(28)14-26(18-11-12-18)13-15-7-9-17(23)10-8-15/h2-10,18H,11-14H2,1H3,(H,24,30)(H,25,28)/t22-/m1/s1. The van der Waals surface area contributed by atoms with Crippen LogP contribution < -0.4 is 10.7 Å². The van der Waals surface area contributed by atoms with E-state index in [-0.39, 0.29) is 18.4 Å². The zero-order valence-corrected chi connectivity index (χ0v) is 16.6. The molecule has 1 aliphatic carbocycles. The van der Waals surface area contributed by atoms with E-state index in [0.29, 0.717) is 12.1 Å². The third-order valence-corrected chi connectivity index (χ3v) is 5.49. The minimum absolute atomic E-state index is 0.0289. The van der Waals surface area contributed by atoms with Gasteiger partial charge in [0.2, 0.25) is 0 Å². The molecule has 0 aromatic heterocycles. The number of nitrogens with zero attached hydrogens (tertiary/aromatic N) is 2. The Labute approximate surface area is 173 Å². The van der Waals surface area contributed by atoms with Gasteiger partial charge in [0.05, 0.1) is 6.54 Å². The quantitative estimate of drug-likeness (QED) is 0.687. The molecule has 0 bridgehead atoms. The maximum absolute atomic E-state index is 13.1. The molecule has 1 heterocycles. The largest absolute Gasteiger partial charge is 0.344 e. The van der Waals surface area contributed by atoms with Gasteiger partial charge in [-0.05, 0) is 43.0 Å². The monoisotopic (exact) mass is 410 g/mol. The number of hydrogen-bond donors (Lipinski definition) is 2. The second-order valence-corrected chi connectivity index (χ2v) is 7.86. The molecule has 1 atom stereocenters. The van der Waals surface area contributed by atoms with Gasteiger partial charge in [-0.15, -0.1) is 0 Å². The van der Waals surface area contributed by atoms with Gasteiger partial charge in [0.25, 0.3) is 11.8 Å². The summed E-state index contributed by atoms with van der Waals surface area (Å²) in [6, 6.07) is 14.6. The van der Waals surface area contributed by atoms with Crippen molar-refractivity contribution in [2.24, 2.45) is 0 Å². The molecule has 4 amide bonds. The number of benzene rings is 2. The second-order valence-electron chi connectivity index (χ2n) is 7.86. The van der Waals surface area contributed by atoms with E-state index in [1.54, 1.807) is 43.3 Å². The van der Waals surface area contributed by atoms with E-state index < -0.39 is 23.4 Å². The third-order valence-electron chi connectivity index (χ3n) is 5.49. The number of hydrazine groups is 1. The average Bonchev–Trinajstić information content (AvgIpc) is 3.55. The van der Waals surface area contributed by atoms with Crippen molar-refractivity contribution in [2.45, 2.75) is 37.9 Å². The lowest BCUT2D eigenvalue weighted by Crippen LogP contribution is -2.50. The van der Waals surface area contributed by atoms with Crippen molar-refractivity contribution in [1.29, 1.82) is 0 Å². The molecule has 0 radical (unpaired) electrons. The fraction of sp³-hybridized carbons (Fsp3) is 0.318. The maximum atomic E-state index is 13.1. The van der Waals surface area contributed by atoms with Gasteiger partial charge in [-0.3, -0.25) is 19.9 Å². The Hall–Kier alpha value is -3.26. The van der Waals surface area contributed by atoms with Crippen LogP contribution in [0.3, 0.4) is 0 Å².